The molecule has 18 heavy (non-hydrogen) atoms. The molecular weight excluding hydrogens is 236 g/mol. The molecule has 98 valence electrons. The van der Waals surface area contributed by atoms with E-state index in [1.807, 2.05) is 6.92 Å². The van der Waals surface area contributed by atoms with E-state index < -0.39 is 5.97 Å². The molecule has 2 rings (SSSR count). The maximum atomic E-state index is 12.3. The van der Waals surface area contributed by atoms with Crippen LogP contribution in [0.4, 0.5) is 0 Å². The van der Waals surface area contributed by atoms with Crippen LogP contribution < -0.4 is 0 Å². The van der Waals surface area contributed by atoms with Gasteiger partial charge in [-0.2, -0.15) is 0 Å². The Morgan fingerprint density at radius 1 is 1.56 bits per heavy atom. The van der Waals surface area contributed by atoms with E-state index in [0.29, 0.717) is 25.4 Å². The number of hydrogen-bond acceptors (Lipinski definition) is 3. The monoisotopic (exact) mass is 252 g/mol. The van der Waals surface area contributed by atoms with Gasteiger partial charge in [-0.15, -0.1) is 0 Å². The van der Waals surface area contributed by atoms with Crippen LogP contribution >= 0.6 is 0 Å². The summed E-state index contributed by atoms with van der Waals surface area (Å²) in [4.78, 5) is 24.7. The van der Waals surface area contributed by atoms with Gasteiger partial charge in [-0.25, -0.2) is 0 Å². The second-order valence-electron chi connectivity index (χ2n) is 4.35. The Morgan fingerprint density at radius 3 is 3.00 bits per heavy atom. The zero-order chi connectivity index (χ0) is 13.1. The van der Waals surface area contributed by atoms with E-state index in [1.54, 1.807) is 23.2 Å². The van der Waals surface area contributed by atoms with Crippen LogP contribution in [-0.4, -0.2) is 52.3 Å². The number of hydrogen-bond donors (Lipinski definition) is 1. The van der Waals surface area contributed by atoms with Crippen molar-refractivity contribution in [1.29, 1.82) is 0 Å². The summed E-state index contributed by atoms with van der Waals surface area (Å²) in [5.41, 5.74) is 0.409. The zero-order valence-electron chi connectivity index (χ0n) is 10.2. The Kier molecular flexibility index (Phi) is 3.66. The molecule has 1 unspecified atom stereocenters. The topological polar surface area (TPSA) is 71.8 Å². The maximum Gasteiger partial charge on any atom is 0.323 e. The van der Waals surface area contributed by atoms with Crippen molar-refractivity contribution in [2.75, 3.05) is 19.7 Å². The van der Waals surface area contributed by atoms with Crippen molar-refractivity contribution in [3.8, 4) is 0 Å². The number of aromatic nitrogens is 1. The smallest absolute Gasteiger partial charge is 0.323 e. The molecule has 1 amide bonds. The first-order valence-electron chi connectivity index (χ1n) is 5.85. The van der Waals surface area contributed by atoms with Crippen molar-refractivity contribution < 1.29 is 19.4 Å². The SMILES string of the molecule is CC1CN(C(=O)c2cccn2CC(=O)O)CCO1. The van der Waals surface area contributed by atoms with Gasteiger partial charge in [0.2, 0.25) is 0 Å². The van der Waals surface area contributed by atoms with E-state index in [9.17, 15) is 9.59 Å². The Balaban J connectivity index is 2.13. The van der Waals surface area contributed by atoms with Crippen LogP contribution in [0.25, 0.3) is 0 Å². The molecular formula is C12H16N2O4. The van der Waals surface area contributed by atoms with Crippen LogP contribution in [0.15, 0.2) is 18.3 Å². The Hall–Kier alpha value is -1.82. The molecule has 6 heteroatoms. The van der Waals surface area contributed by atoms with Crippen molar-refractivity contribution in [1.82, 2.24) is 9.47 Å². The molecule has 1 aliphatic rings. The largest absolute Gasteiger partial charge is 0.480 e. The molecule has 1 N–H and O–H groups in total. The second-order valence-corrected chi connectivity index (χ2v) is 4.35. The molecule has 0 saturated carbocycles. The molecule has 1 aromatic rings. The van der Waals surface area contributed by atoms with Gasteiger partial charge in [-0.1, -0.05) is 0 Å². The van der Waals surface area contributed by atoms with Crippen LogP contribution in [0.3, 0.4) is 0 Å². The van der Waals surface area contributed by atoms with Crippen molar-refractivity contribution in [2.24, 2.45) is 0 Å². The molecule has 0 spiro atoms. The molecule has 1 saturated heterocycles. The molecule has 1 fully saturated rings. The number of carboxylic acid groups (broad SMARTS) is 1. The highest BCUT2D eigenvalue weighted by molar-refractivity contribution is 5.93. The minimum absolute atomic E-state index is 0.0191. The fraction of sp³-hybridized carbons (Fsp3) is 0.500. The highest BCUT2D eigenvalue weighted by atomic mass is 16.5. The number of rotatable bonds is 3. The summed E-state index contributed by atoms with van der Waals surface area (Å²) in [6, 6.07) is 3.32. The summed E-state index contributed by atoms with van der Waals surface area (Å²) in [5.74, 6) is -1.10. The number of carbonyl (C=O) groups is 2. The average molecular weight is 252 g/mol. The fourth-order valence-electron chi connectivity index (χ4n) is 2.06. The zero-order valence-corrected chi connectivity index (χ0v) is 10.2. The summed E-state index contributed by atoms with van der Waals surface area (Å²) in [6.07, 6.45) is 1.62. The number of carboxylic acids is 1. The predicted octanol–water partition coefficient (Wildman–Crippen LogP) is 0.434. The molecule has 2 heterocycles. The third-order valence-electron chi connectivity index (χ3n) is 2.88. The number of ether oxygens (including phenoxy) is 1. The highest BCUT2D eigenvalue weighted by Crippen LogP contribution is 2.11. The molecule has 0 aliphatic carbocycles. The van der Waals surface area contributed by atoms with Gasteiger partial charge in [0.1, 0.15) is 12.2 Å². The van der Waals surface area contributed by atoms with E-state index in [2.05, 4.69) is 0 Å². The molecule has 1 atom stereocenters. The third-order valence-corrected chi connectivity index (χ3v) is 2.88. The van der Waals surface area contributed by atoms with Gasteiger partial charge in [0.25, 0.3) is 5.91 Å². The molecule has 6 nitrogen and oxygen atoms in total. The number of nitrogens with zero attached hydrogens (tertiary/aromatic N) is 2. The quantitative estimate of drug-likeness (QED) is 0.847. The maximum absolute atomic E-state index is 12.3. The number of carbonyl (C=O) groups excluding carboxylic acids is 1. The van der Waals surface area contributed by atoms with Crippen LogP contribution in [0.1, 0.15) is 17.4 Å². The minimum Gasteiger partial charge on any atom is -0.480 e. The first-order valence-corrected chi connectivity index (χ1v) is 5.85. The van der Waals surface area contributed by atoms with Gasteiger partial charge < -0.3 is 19.3 Å². The van der Waals surface area contributed by atoms with E-state index >= 15 is 0 Å². The Labute approximate surface area is 105 Å². The molecule has 1 aromatic heterocycles. The van der Waals surface area contributed by atoms with Crippen molar-refractivity contribution in [3.63, 3.8) is 0 Å². The number of aliphatic carboxylic acids is 1. The highest BCUT2D eigenvalue weighted by Gasteiger charge is 2.24. The molecule has 0 bridgehead atoms. The lowest BCUT2D eigenvalue weighted by Crippen LogP contribution is -2.45. The van der Waals surface area contributed by atoms with Crippen LogP contribution in [0.2, 0.25) is 0 Å². The molecule has 1 aliphatic heterocycles. The summed E-state index contributed by atoms with van der Waals surface area (Å²) in [5, 5.41) is 8.78. The standard InChI is InChI=1S/C12H16N2O4/c1-9-7-14(5-6-18-9)12(17)10-3-2-4-13(10)8-11(15)16/h2-4,9H,5-8H2,1H3,(H,15,16). The average Bonchev–Trinajstić information content (AvgIpc) is 2.75. The lowest BCUT2D eigenvalue weighted by atomic mass is 10.2. The van der Waals surface area contributed by atoms with Crippen molar-refractivity contribution in [3.05, 3.63) is 24.0 Å². The summed E-state index contributed by atoms with van der Waals surface area (Å²) >= 11 is 0. The van der Waals surface area contributed by atoms with Gasteiger partial charge in [-0.3, -0.25) is 9.59 Å². The second kappa shape index (κ2) is 5.22. The van der Waals surface area contributed by atoms with Gasteiger partial charge in [0.15, 0.2) is 0 Å². The lowest BCUT2D eigenvalue weighted by molar-refractivity contribution is -0.137. The van der Waals surface area contributed by atoms with Crippen LogP contribution in [0.5, 0.6) is 0 Å². The van der Waals surface area contributed by atoms with E-state index in [-0.39, 0.29) is 18.6 Å². The van der Waals surface area contributed by atoms with E-state index in [1.165, 1.54) is 4.57 Å². The van der Waals surface area contributed by atoms with Crippen molar-refractivity contribution in [2.45, 2.75) is 19.6 Å². The summed E-state index contributed by atoms with van der Waals surface area (Å²) in [7, 11) is 0. The first kappa shape index (κ1) is 12.6. The van der Waals surface area contributed by atoms with Gasteiger partial charge in [0, 0.05) is 19.3 Å². The van der Waals surface area contributed by atoms with Crippen LogP contribution in [0, 0.1) is 0 Å². The Bertz CT molecular complexity index is 455. The summed E-state index contributed by atoms with van der Waals surface area (Å²) < 4.78 is 6.82. The number of morpholine rings is 1. The van der Waals surface area contributed by atoms with Gasteiger partial charge in [0.05, 0.1) is 12.7 Å². The summed E-state index contributed by atoms with van der Waals surface area (Å²) in [6.45, 7) is 3.31. The predicted molar refractivity (Wildman–Crippen MR) is 63.4 cm³/mol. The Morgan fingerprint density at radius 2 is 2.33 bits per heavy atom. The van der Waals surface area contributed by atoms with E-state index in [0.717, 1.165) is 0 Å². The first-order chi connectivity index (χ1) is 8.58. The lowest BCUT2D eigenvalue weighted by Gasteiger charge is -2.31. The number of amides is 1. The minimum atomic E-state index is -0.962. The normalized spacial score (nSPS) is 19.8. The van der Waals surface area contributed by atoms with Gasteiger partial charge >= 0.3 is 5.97 Å². The molecule has 0 aromatic carbocycles. The van der Waals surface area contributed by atoms with E-state index in [4.69, 9.17) is 9.84 Å². The third kappa shape index (κ3) is 2.70. The fourth-order valence-corrected chi connectivity index (χ4v) is 2.06. The van der Waals surface area contributed by atoms with Crippen molar-refractivity contribution >= 4 is 11.9 Å². The van der Waals surface area contributed by atoms with Gasteiger partial charge in [-0.05, 0) is 19.1 Å². The van der Waals surface area contributed by atoms with Crippen LogP contribution in [-0.2, 0) is 16.1 Å². The molecule has 0 radical (unpaired) electrons.